The molecule has 1 amide bonds. The quantitative estimate of drug-likeness (QED) is 0.404. The molecular weight excluding hydrogens is 454 g/mol. The fourth-order valence-corrected chi connectivity index (χ4v) is 5.06. The summed E-state index contributed by atoms with van der Waals surface area (Å²) in [5.74, 6) is 0.885. The van der Waals surface area contributed by atoms with Gasteiger partial charge in [-0.15, -0.1) is 11.8 Å². The molecule has 0 unspecified atom stereocenters. The largest absolute Gasteiger partial charge is 0.308 e. The van der Waals surface area contributed by atoms with E-state index in [0.717, 1.165) is 32.1 Å². The van der Waals surface area contributed by atoms with Gasteiger partial charge in [-0.2, -0.15) is 0 Å². The molecule has 0 aliphatic heterocycles. The number of anilines is 1. The normalized spacial score (nSPS) is 11.3. The van der Waals surface area contributed by atoms with Crippen molar-refractivity contribution in [2.24, 2.45) is 0 Å². The maximum absolute atomic E-state index is 13.0. The van der Waals surface area contributed by atoms with E-state index in [2.05, 4.69) is 58.1 Å². The van der Waals surface area contributed by atoms with Crippen LogP contribution in [-0.2, 0) is 4.79 Å². The van der Waals surface area contributed by atoms with Crippen molar-refractivity contribution in [2.75, 3.05) is 37.8 Å². The van der Waals surface area contributed by atoms with Gasteiger partial charge < -0.3 is 4.90 Å². The summed E-state index contributed by atoms with van der Waals surface area (Å²) in [6, 6.07) is 14.5. The third kappa shape index (κ3) is 5.80. The van der Waals surface area contributed by atoms with Gasteiger partial charge in [0, 0.05) is 34.6 Å². The zero-order valence-corrected chi connectivity index (χ0v) is 19.5. The van der Waals surface area contributed by atoms with Crippen molar-refractivity contribution >= 4 is 60.3 Å². The van der Waals surface area contributed by atoms with Crippen molar-refractivity contribution < 1.29 is 4.79 Å². The summed E-state index contributed by atoms with van der Waals surface area (Å²) >= 11 is 6.80. The van der Waals surface area contributed by atoms with Crippen LogP contribution in [0, 0.1) is 6.92 Å². The highest BCUT2D eigenvalue weighted by Crippen LogP contribution is 2.31. The van der Waals surface area contributed by atoms with Crippen LogP contribution in [0.2, 0.25) is 0 Å². The van der Waals surface area contributed by atoms with Crippen LogP contribution in [0.3, 0.4) is 0 Å². The van der Waals surface area contributed by atoms with Crippen LogP contribution in [0.4, 0.5) is 5.13 Å². The number of aryl methyl sites for hydroxylation is 1. The molecule has 0 aliphatic rings. The standard InChI is InChI=1S/C21H24BrN3OS2/c1-15-4-7-17(8-5-15)27-13-10-20(26)25(12-11-24(2)3)21-23-18-9-6-16(22)14-19(18)28-21/h4-9,14H,10-13H2,1-3H3. The van der Waals surface area contributed by atoms with E-state index in [0.29, 0.717) is 13.0 Å². The topological polar surface area (TPSA) is 36.4 Å². The number of rotatable bonds is 8. The van der Waals surface area contributed by atoms with Crippen molar-refractivity contribution in [3.63, 3.8) is 0 Å². The fraction of sp³-hybridized carbons (Fsp3) is 0.333. The predicted molar refractivity (Wildman–Crippen MR) is 125 cm³/mol. The predicted octanol–water partition coefficient (Wildman–Crippen LogP) is 5.44. The molecule has 28 heavy (non-hydrogen) atoms. The van der Waals surface area contributed by atoms with E-state index in [9.17, 15) is 4.79 Å². The number of benzene rings is 2. The molecule has 3 rings (SSSR count). The Morgan fingerprint density at radius 3 is 2.61 bits per heavy atom. The first-order valence-electron chi connectivity index (χ1n) is 9.13. The second-order valence-electron chi connectivity index (χ2n) is 6.87. The van der Waals surface area contributed by atoms with Crippen molar-refractivity contribution in [3.8, 4) is 0 Å². The number of hydrogen-bond donors (Lipinski definition) is 0. The maximum atomic E-state index is 13.0. The number of aromatic nitrogens is 1. The number of halogens is 1. The lowest BCUT2D eigenvalue weighted by atomic mass is 10.2. The first-order chi connectivity index (χ1) is 13.4. The number of thioether (sulfide) groups is 1. The average molecular weight is 478 g/mol. The minimum Gasteiger partial charge on any atom is -0.308 e. The minimum atomic E-state index is 0.125. The van der Waals surface area contributed by atoms with E-state index in [1.807, 2.05) is 31.1 Å². The number of thiazole rings is 1. The van der Waals surface area contributed by atoms with Crippen LogP contribution in [0.25, 0.3) is 10.2 Å². The molecule has 1 heterocycles. The number of hydrogen-bond acceptors (Lipinski definition) is 5. The summed E-state index contributed by atoms with van der Waals surface area (Å²) in [7, 11) is 4.04. The fourth-order valence-electron chi connectivity index (χ4n) is 2.65. The molecule has 0 radical (unpaired) electrons. The summed E-state index contributed by atoms with van der Waals surface area (Å²) in [4.78, 5) is 22.8. The zero-order valence-electron chi connectivity index (χ0n) is 16.3. The second-order valence-corrected chi connectivity index (χ2v) is 9.96. The van der Waals surface area contributed by atoms with Gasteiger partial charge in [0.1, 0.15) is 0 Å². The van der Waals surface area contributed by atoms with Gasteiger partial charge in [-0.3, -0.25) is 9.69 Å². The molecule has 0 spiro atoms. The molecule has 2 aromatic carbocycles. The molecule has 0 saturated carbocycles. The van der Waals surface area contributed by atoms with Crippen molar-refractivity contribution in [2.45, 2.75) is 18.2 Å². The molecule has 0 N–H and O–H groups in total. The summed E-state index contributed by atoms with van der Waals surface area (Å²) in [5, 5.41) is 0.778. The van der Waals surface area contributed by atoms with Crippen LogP contribution < -0.4 is 4.90 Å². The first-order valence-corrected chi connectivity index (χ1v) is 11.7. The van der Waals surface area contributed by atoms with Crippen LogP contribution in [-0.4, -0.2) is 48.7 Å². The van der Waals surface area contributed by atoms with Gasteiger partial charge in [0.15, 0.2) is 5.13 Å². The molecule has 0 bridgehead atoms. The Morgan fingerprint density at radius 2 is 1.89 bits per heavy atom. The van der Waals surface area contributed by atoms with Gasteiger partial charge in [0.25, 0.3) is 0 Å². The Bertz CT molecular complexity index is 940. The molecule has 0 saturated heterocycles. The SMILES string of the molecule is Cc1ccc(SCCC(=O)N(CCN(C)C)c2nc3ccc(Br)cc3s2)cc1. The lowest BCUT2D eigenvalue weighted by molar-refractivity contribution is -0.118. The molecule has 1 aromatic heterocycles. The van der Waals surface area contributed by atoms with E-state index in [4.69, 9.17) is 4.98 Å². The smallest absolute Gasteiger partial charge is 0.229 e. The number of nitrogens with zero attached hydrogens (tertiary/aromatic N) is 3. The van der Waals surface area contributed by atoms with Crippen LogP contribution >= 0.6 is 39.0 Å². The molecule has 7 heteroatoms. The van der Waals surface area contributed by atoms with Crippen molar-refractivity contribution in [1.82, 2.24) is 9.88 Å². The minimum absolute atomic E-state index is 0.125. The third-order valence-electron chi connectivity index (χ3n) is 4.25. The Balaban J connectivity index is 1.70. The summed E-state index contributed by atoms with van der Waals surface area (Å²) in [6.45, 7) is 3.52. The van der Waals surface area contributed by atoms with Gasteiger partial charge in [-0.05, 0) is 51.4 Å². The monoisotopic (exact) mass is 477 g/mol. The number of likely N-dealkylation sites (N-methyl/N-ethyl adjacent to an activating group) is 1. The lowest BCUT2D eigenvalue weighted by Crippen LogP contribution is -2.36. The van der Waals surface area contributed by atoms with E-state index in [-0.39, 0.29) is 5.91 Å². The molecule has 0 atom stereocenters. The highest BCUT2D eigenvalue weighted by molar-refractivity contribution is 9.10. The van der Waals surface area contributed by atoms with Crippen LogP contribution in [0.15, 0.2) is 51.8 Å². The lowest BCUT2D eigenvalue weighted by Gasteiger charge is -2.22. The first kappa shape index (κ1) is 21.3. The van der Waals surface area contributed by atoms with Gasteiger partial charge in [0.05, 0.1) is 10.2 Å². The molecule has 148 valence electrons. The van der Waals surface area contributed by atoms with Crippen molar-refractivity contribution in [3.05, 3.63) is 52.5 Å². The Morgan fingerprint density at radius 1 is 1.14 bits per heavy atom. The molecule has 0 fully saturated rings. The zero-order chi connectivity index (χ0) is 20.1. The summed E-state index contributed by atoms with van der Waals surface area (Å²) in [5.41, 5.74) is 2.18. The Hall–Kier alpha value is -1.41. The number of amides is 1. The Kier molecular flexibility index (Phi) is 7.51. The van der Waals surface area contributed by atoms with E-state index in [1.54, 1.807) is 23.1 Å². The highest BCUT2D eigenvalue weighted by Gasteiger charge is 2.19. The van der Waals surface area contributed by atoms with Gasteiger partial charge in [-0.1, -0.05) is 45.0 Å². The Labute approximate surface area is 183 Å². The second kappa shape index (κ2) is 9.87. The van der Waals surface area contributed by atoms with Gasteiger partial charge >= 0.3 is 0 Å². The van der Waals surface area contributed by atoms with Crippen LogP contribution in [0.5, 0.6) is 0 Å². The molecule has 0 aliphatic carbocycles. The van der Waals surface area contributed by atoms with E-state index >= 15 is 0 Å². The molecular formula is C21H24BrN3OS2. The van der Waals surface area contributed by atoms with E-state index in [1.165, 1.54) is 10.5 Å². The molecule has 3 aromatic rings. The number of fused-ring (bicyclic) bond motifs is 1. The van der Waals surface area contributed by atoms with Crippen molar-refractivity contribution in [1.29, 1.82) is 0 Å². The van der Waals surface area contributed by atoms with Crippen LogP contribution in [0.1, 0.15) is 12.0 Å². The summed E-state index contributed by atoms with van der Waals surface area (Å²) in [6.07, 6.45) is 0.492. The van der Waals surface area contributed by atoms with Gasteiger partial charge in [-0.25, -0.2) is 4.98 Å². The number of carbonyl (C=O) groups is 1. The maximum Gasteiger partial charge on any atom is 0.229 e. The number of carbonyl (C=O) groups excluding carboxylic acids is 1. The third-order valence-corrected chi connectivity index (χ3v) is 6.80. The average Bonchev–Trinajstić information content (AvgIpc) is 3.06. The highest BCUT2D eigenvalue weighted by atomic mass is 79.9. The molecule has 4 nitrogen and oxygen atoms in total. The summed E-state index contributed by atoms with van der Waals surface area (Å²) < 4.78 is 2.11. The van der Waals surface area contributed by atoms with Gasteiger partial charge in [0.2, 0.25) is 5.91 Å². The van der Waals surface area contributed by atoms with E-state index < -0.39 is 0 Å².